The zero-order chi connectivity index (χ0) is 26.0. The van der Waals surface area contributed by atoms with Gasteiger partial charge in [0.05, 0.1) is 29.3 Å². The van der Waals surface area contributed by atoms with Crippen LogP contribution in [0.25, 0.3) is 33.2 Å². The van der Waals surface area contributed by atoms with Crippen LogP contribution in [-0.4, -0.2) is 30.7 Å². The number of aromatic nitrogens is 3. The number of sulfonamides is 1. The standard InChI is InChI=1S/C26H18FN5O3S2/c1-35-24-12-22(17-4-2-16(13-27)3-5-17)19(14-28)11-23(24)25-21-7-6-20(10-18(21)8-9-29-25)37(33,34)32-26-31-30-15-36-26/h2-12,15H,13H2,1H3,(H,31,32). The van der Waals surface area contributed by atoms with Gasteiger partial charge >= 0.3 is 0 Å². The lowest BCUT2D eigenvalue weighted by Gasteiger charge is -2.15. The van der Waals surface area contributed by atoms with Gasteiger partial charge in [-0.25, -0.2) is 12.8 Å². The van der Waals surface area contributed by atoms with Crippen molar-refractivity contribution in [2.75, 3.05) is 11.8 Å². The molecule has 0 aliphatic rings. The van der Waals surface area contributed by atoms with Crippen LogP contribution in [0.15, 0.2) is 77.3 Å². The van der Waals surface area contributed by atoms with Gasteiger partial charge < -0.3 is 4.74 Å². The maximum atomic E-state index is 12.9. The molecule has 0 bridgehead atoms. The number of halogens is 1. The van der Waals surface area contributed by atoms with E-state index in [2.05, 4.69) is 26.0 Å². The monoisotopic (exact) mass is 531 g/mol. The average Bonchev–Trinajstić information content (AvgIpc) is 3.44. The Balaban J connectivity index is 1.61. The number of rotatable bonds is 7. The predicted octanol–water partition coefficient (Wildman–Crippen LogP) is 5.57. The first kappa shape index (κ1) is 24.3. The van der Waals surface area contributed by atoms with E-state index in [1.54, 1.807) is 60.8 Å². The number of methoxy groups -OCH3 is 1. The van der Waals surface area contributed by atoms with Crippen molar-refractivity contribution in [1.29, 1.82) is 5.26 Å². The minimum Gasteiger partial charge on any atom is -0.496 e. The largest absolute Gasteiger partial charge is 0.496 e. The van der Waals surface area contributed by atoms with E-state index in [0.717, 1.165) is 16.9 Å². The van der Waals surface area contributed by atoms with Gasteiger partial charge in [0.1, 0.15) is 17.9 Å². The summed E-state index contributed by atoms with van der Waals surface area (Å²) >= 11 is 1.08. The highest BCUT2D eigenvalue weighted by molar-refractivity contribution is 7.93. The quantitative estimate of drug-likeness (QED) is 0.292. The highest BCUT2D eigenvalue weighted by atomic mass is 32.2. The van der Waals surface area contributed by atoms with Gasteiger partial charge in [0.15, 0.2) is 0 Å². The number of nitrogens with zero attached hydrogens (tertiary/aromatic N) is 4. The zero-order valence-electron chi connectivity index (χ0n) is 19.3. The van der Waals surface area contributed by atoms with Crippen molar-refractivity contribution >= 4 is 37.3 Å². The van der Waals surface area contributed by atoms with E-state index in [-0.39, 0.29) is 10.0 Å². The van der Waals surface area contributed by atoms with Crippen LogP contribution in [0.1, 0.15) is 11.1 Å². The van der Waals surface area contributed by atoms with Crippen LogP contribution in [0.3, 0.4) is 0 Å². The second-order valence-corrected chi connectivity index (χ2v) is 10.4. The van der Waals surface area contributed by atoms with Crippen LogP contribution in [0.2, 0.25) is 0 Å². The van der Waals surface area contributed by atoms with Crippen molar-refractivity contribution in [3.05, 3.63) is 83.5 Å². The van der Waals surface area contributed by atoms with Crippen LogP contribution < -0.4 is 9.46 Å². The Morgan fingerprint density at radius 1 is 1.08 bits per heavy atom. The molecule has 0 amide bonds. The Bertz CT molecular complexity index is 1750. The molecule has 0 saturated heterocycles. The fourth-order valence-electron chi connectivity index (χ4n) is 3.97. The smallest absolute Gasteiger partial charge is 0.263 e. The normalized spacial score (nSPS) is 11.3. The Kier molecular flexibility index (Phi) is 6.52. The molecular formula is C26H18FN5O3S2. The fraction of sp³-hybridized carbons (Fsp3) is 0.0769. The number of hydrogen-bond donors (Lipinski definition) is 1. The first-order valence-corrected chi connectivity index (χ1v) is 13.3. The Morgan fingerprint density at radius 2 is 1.89 bits per heavy atom. The number of benzene rings is 3. The number of nitrogens with one attached hydrogen (secondary N) is 1. The van der Waals surface area contributed by atoms with E-state index in [1.807, 2.05) is 0 Å². The van der Waals surface area contributed by atoms with Gasteiger partial charge in [0, 0.05) is 22.7 Å². The third kappa shape index (κ3) is 4.72. The molecule has 0 fully saturated rings. The first-order chi connectivity index (χ1) is 17.9. The van der Waals surface area contributed by atoms with E-state index in [0.29, 0.717) is 44.5 Å². The molecule has 184 valence electrons. The summed E-state index contributed by atoms with van der Waals surface area (Å²) in [6, 6.07) is 19.0. The molecule has 0 saturated carbocycles. The average molecular weight is 532 g/mol. The molecule has 2 heterocycles. The second-order valence-electron chi connectivity index (χ2n) is 7.93. The van der Waals surface area contributed by atoms with E-state index >= 15 is 0 Å². The number of pyridine rings is 1. The van der Waals surface area contributed by atoms with Gasteiger partial charge in [0.2, 0.25) is 5.13 Å². The summed E-state index contributed by atoms with van der Waals surface area (Å²) in [6.45, 7) is -0.568. The Labute approximate surface area is 216 Å². The van der Waals surface area contributed by atoms with Crippen LogP contribution in [0.5, 0.6) is 5.75 Å². The molecule has 5 rings (SSSR count). The van der Waals surface area contributed by atoms with Gasteiger partial charge in [-0.2, -0.15) is 5.26 Å². The van der Waals surface area contributed by atoms with Gasteiger partial charge in [0.25, 0.3) is 10.0 Å². The second kappa shape index (κ2) is 9.93. The summed E-state index contributed by atoms with van der Waals surface area (Å²) in [5.41, 5.74) is 4.88. The molecule has 0 unspecified atom stereocenters. The molecule has 11 heteroatoms. The van der Waals surface area contributed by atoms with Gasteiger partial charge in [-0.05, 0) is 46.8 Å². The van der Waals surface area contributed by atoms with Gasteiger partial charge in [-0.1, -0.05) is 41.7 Å². The van der Waals surface area contributed by atoms with Crippen molar-refractivity contribution in [1.82, 2.24) is 15.2 Å². The summed E-state index contributed by atoms with van der Waals surface area (Å²) in [7, 11) is -2.35. The molecule has 0 aliphatic carbocycles. The third-order valence-corrected chi connectivity index (χ3v) is 7.83. The molecule has 0 radical (unpaired) electrons. The van der Waals surface area contributed by atoms with Crippen LogP contribution in [0.4, 0.5) is 9.52 Å². The van der Waals surface area contributed by atoms with Crippen LogP contribution in [0, 0.1) is 11.3 Å². The first-order valence-electron chi connectivity index (χ1n) is 10.9. The topological polar surface area (TPSA) is 118 Å². The molecule has 1 N–H and O–H groups in total. The molecule has 5 aromatic rings. The number of ether oxygens (including phenoxy) is 1. The van der Waals surface area contributed by atoms with Gasteiger partial charge in [-0.15, -0.1) is 10.2 Å². The molecule has 2 aromatic heterocycles. The van der Waals surface area contributed by atoms with E-state index < -0.39 is 16.7 Å². The number of fused-ring (bicyclic) bond motifs is 1. The highest BCUT2D eigenvalue weighted by Crippen LogP contribution is 2.39. The molecule has 8 nitrogen and oxygen atoms in total. The van der Waals surface area contributed by atoms with E-state index in [9.17, 15) is 18.1 Å². The maximum Gasteiger partial charge on any atom is 0.263 e. The lowest BCUT2D eigenvalue weighted by atomic mass is 9.94. The number of hydrogen-bond acceptors (Lipinski definition) is 8. The molecule has 0 spiro atoms. The van der Waals surface area contributed by atoms with E-state index in [1.165, 1.54) is 18.7 Å². The minimum absolute atomic E-state index is 0.0594. The summed E-state index contributed by atoms with van der Waals surface area (Å²) in [4.78, 5) is 4.59. The third-order valence-electron chi connectivity index (χ3n) is 5.76. The minimum atomic E-state index is -3.87. The van der Waals surface area contributed by atoms with Crippen molar-refractivity contribution in [2.45, 2.75) is 11.6 Å². The van der Waals surface area contributed by atoms with Crippen molar-refractivity contribution in [2.24, 2.45) is 0 Å². The summed E-state index contributed by atoms with van der Waals surface area (Å²) < 4.78 is 46.7. The maximum absolute atomic E-state index is 12.9. The van der Waals surface area contributed by atoms with E-state index in [4.69, 9.17) is 4.74 Å². The molecule has 37 heavy (non-hydrogen) atoms. The molecule has 3 aromatic carbocycles. The fourth-order valence-corrected chi connectivity index (χ4v) is 5.70. The number of nitriles is 1. The van der Waals surface area contributed by atoms with Crippen molar-refractivity contribution < 1.29 is 17.5 Å². The summed E-state index contributed by atoms with van der Waals surface area (Å²) in [5, 5.41) is 18.8. The number of alkyl halides is 1. The van der Waals surface area contributed by atoms with Crippen LogP contribution >= 0.6 is 11.3 Å². The Hall–Kier alpha value is -4.40. The predicted molar refractivity (Wildman–Crippen MR) is 139 cm³/mol. The lowest BCUT2D eigenvalue weighted by molar-refractivity contribution is 0.416. The Morgan fingerprint density at radius 3 is 2.57 bits per heavy atom. The molecule has 0 aliphatic heterocycles. The highest BCUT2D eigenvalue weighted by Gasteiger charge is 2.20. The molecular weight excluding hydrogens is 513 g/mol. The number of anilines is 1. The lowest BCUT2D eigenvalue weighted by Crippen LogP contribution is -2.12. The zero-order valence-corrected chi connectivity index (χ0v) is 21.0. The summed E-state index contributed by atoms with van der Waals surface area (Å²) in [5.74, 6) is 0.484. The van der Waals surface area contributed by atoms with Crippen LogP contribution in [-0.2, 0) is 16.7 Å². The van der Waals surface area contributed by atoms with Crippen molar-refractivity contribution in [3.8, 4) is 34.2 Å². The van der Waals surface area contributed by atoms with Crippen molar-refractivity contribution in [3.63, 3.8) is 0 Å². The SMILES string of the molecule is COc1cc(-c2ccc(CF)cc2)c(C#N)cc1-c1nccc2cc(S(=O)(=O)Nc3nncs3)ccc12. The summed E-state index contributed by atoms with van der Waals surface area (Å²) in [6.07, 6.45) is 1.57. The molecule has 0 atom stereocenters. The van der Waals surface area contributed by atoms with Gasteiger partial charge in [-0.3, -0.25) is 9.71 Å².